The molecule has 96 valence electrons. The molecule has 0 bridgehead atoms. The van der Waals surface area contributed by atoms with Crippen molar-refractivity contribution in [2.75, 3.05) is 7.11 Å². The monoisotopic (exact) mass is 254 g/mol. The number of imidazole rings is 1. The Balaban J connectivity index is 2.21. The molecule has 2 heterocycles. The second-order valence-corrected chi connectivity index (χ2v) is 4.46. The molecule has 0 saturated carbocycles. The maximum atomic E-state index is 5.37. The summed E-state index contributed by atoms with van der Waals surface area (Å²) in [6.07, 6.45) is 3.52. The summed E-state index contributed by atoms with van der Waals surface area (Å²) in [7, 11) is 3.57. The van der Waals surface area contributed by atoms with Crippen LogP contribution in [-0.2, 0) is 7.05 Å². The van der Waals surface area contributed by atoms with Gasteiger partial charge in [0.05, 0.1) is 25.2 Å². The van der Waals surface area contributed by atoms with Gasteiger partial charge in [0.2, 0.25) is 0 Å². The summed E-state index contributed by atoms with van der Waals surface area (Å²) in [5.41, 5.74) is 3.63. The van der Waals surface area contributed by atoms with Crippen LogP contribution in [0, 0.1) is 6.92 Å². The Bertz CT molecular complexity index is 748. The first-order valence-electron chi connectivity index (χ1n) is 5.98. The second kappa shape index (κ2) is 4.35. The van der Waals surface area contributed by atoms with Crippen LogP contribution in [0.25, 0.3) is 22.6 Å². The summed E-state index contributed by atoms with van der Waals surface area (Å²) in [4.78, 5) is 13.2. The van der Waals surface area contributed by atoms with Crippen LogP contribution in [0.2, 0.25) is 0 Å². The molecule has 5 nitrogen and oxygen atoms in total. The average molecular weight is 254 g/mol. The van der Waals surface area contributed by atoms with E-state index in [1.54, 1.807) is 19.6 Å². The molecule has 0 spiro atoms. The van der Waals surface area contributed by atoms with Gasteiger partial charge in [-0.25, -0.2) is 15.0 Å². The quantitative estimate of drug-likeness (QED) is 0.704. The van der Waals surface area contributed by atoms with Crippen molar-refractivity contribution in [2.45, 2.75) is 6.92 Å². The molecule has 0 saturated heterocycles. The van der Waals surface area contributed by atoms with Crippen LogP contribution < -0.4 is 4.74 Å². The van der Waals surface area contributed by atoms with Crippen LogP contribution in [0.15, 0.2) is 30.7 Å². The first kappa shape index (κ1) is 11.6. The maximum Gasteiger partial charge on any atom is 0.181 e. The number of benzene rings is 1. The fourth-order valence-corrected chi connectivity index (χ4v) is 2.04. The average Bonchev–Trinajstić information content (AvgIpc) is 2.80. The summed E-state index contributed by atoms with van der Waals surface area (Å²) in [5, 5.41) is 0. The number of fused-ring (bicyclic) bond motifs is 1. The number of hydrogen-bond donors (Lipinski definition) is 0. The molecule has 2 aromatic heterocycles. The Labute approximate surface area is 110 Å². The molecule has 1 aromatic carbocycles. The third kappa shape index (κ3) is 1.93. The van der Waals surface area contributed by atoms with Crippen LogP contribution in [0.1, 0.15) is 5.56 Å². The molecule has 19 heavy (non-hydrogen) atoms. The van der Waals surface area contributed by atoms with E-state index in [0.29, 0.717) is 11.5 Å². The molecule has 0 aliphatic rings. The lowest BCUT2D eigenvalue weighted by molar-refractivity contribution is 0.416. The molecule has 0 amide bonds. The van der Waals surface area contributed by atoms with Gasteiger partial charge in [-0.3, -0.25) is 0 Å². The molecule has 0 fully saturated rings. The number of ether oxygens (including phenoxy) is 1. The zero-order valence-electron chi connectivity index (χ0n) is 11.1. The molecular formula is C14H14N4O. The number of hydrogen-bond acceptors (Lipinski definition) is 4. The SMILES string of the molecule is COc1ccc(C)cc1-c1ncc2c(ncn2C)n1. The number of rotatable bonds is 2. The van der Waals surface area contributed by atoms with E-state index in [1.807, 2.05) is 36.7 Å². The van der Waals surface area contributed by atoms with Gasteiger partial charge in [-0.1, -0.05) is 11.6 Å². The van der Waals surface area contributed by atoms with Gasteiger partial charge in [0.25, 0.3) is 0 Å². The molecule has 0 atom stereocenters. The van der Waals surface area contributed by atoms with Gasteiger partial charge in [0.1, 0.15) is 11.3 Å². The van der Waals surface area contributed by atoms with Gasteiger partial charge < -0.3 is 9.30 Å². The van der Waals surface area contributed by atoms with Gasteiger partial charge in [-0.05, 0) is 19.1 Å². The number of methoxy groups -OCH3 is 1. The van der Waals surface area contributed by atoms with Crippen molar-refractivity contribution in [1.29, 1.82) is 0 Å². The zero-order valence-corrected chi connectivity index (χ0v) is 11.1. The predicted molar refractivity (Wildman–Crippen MR) is 73.0 cm³/mol. The summed E-state index contributed by atoms with van der Waals surface area (Å²) in [5.74, 6) is 1.40. The standard InChI is InChI=1S/C14H14N4O/c1-9-4-5-12(19-3)10(6-9)13-15-7-11-14(17-13)16-8-18(11)2/h4-8H,1-3H3. The van der Waals surface area contributed by atoms with E-state index in [4.69, 9.17) is 4.74 Å². The zero-order chi connectivity index (χ0) is 13.4. The Morgan fingerprint density at radius 1 is 1.21 bits per heavy atom. The minimum Gasteiger partial charge on any atom is -0.496 e. The van der Waals surface area contributed by atoms with Crippen molar-refractivity contribution in [3.8, 4) is 17.1 Å². The molecule has 0 aliphatic carbocycles. The van der Waals surface area contributed by atoms with E-state index in [-0.39, 0.29) is 0 Å². The van der Waals surface area contributed by atoms with Crippen LogP contribution in [-0.4, -0.2) is 26.6 Å². The van der Waals surface area contributed by atoms with Gasteiger partial charge in [0, 0.05) is 7.05 Å². The lowest BCUT2D eigenvalue weighted by Gasteiger charge is -2.08. The summed E-state index contributed by atoms with van der Waals surface area (Å²) >= 11 is 0. The Hall–Kier alpha value is -2.43. The van der Waals surface area contributed by atoms with Crippen LogP contribution in [0.4, 0.5) is 0 Å². The maximum absolute atomic E-state index is 5.37. The highest BCUT2D eigenvalue weighted by atomic mass is 16.5. The minimum absolute atomic E-state index is 0.631. The molecule has 0 unspecified atom stereocenters. The molecular weight excluding hydrogens is 240 g/mol. The number of aryl methyl sites for hydroxylation is 2. The summed E-state index contributed by atoms with van der Waals surface area (Å²) in [6.45, 7) is 2.03. The summed E-state index contributed by atoms with van der Waals surface area (Å²) < 4.78 is 7.26. The first-order chi connectivity index (χ1) is 9.19. The van der Waals surface area contributed by atoms with Gasteiger partial charge >= 0.3 is 0 Å². The van der Waals surface area contributed by atoms with E-state index in [0.717, 1.165) is 22.4 Å². The fraction of sp³-hybridized carbons (Fsp3) is 0.214. The third-order valence-electron chi connectivity index (χ3n) is 3.08. The molecule has 3 rings (SSSR count). The highest BCUT2D eigenvalue weighted by Gasteiger charge is 2.11. The van der Waals surface area contributed by atoms with E-state index >= 15 is 0 Å². The van der Waals surface area contributed by atoms with Crippen molar-refractivity contribution < 1.29 is 4.74 Å². The van der Waals surface area contributed by atoms with Crippen LogP contribution in [0.5, 0.6) is 5.75 Å². The molecule has 5 heteroatoms. The number of nitrogens with zero attached hydrogens (tertiary/aromatic N) is 4. The fourth-order valence-electron chi connectivity index (χ4n) is 2.04. The predicted octanol–water partition coefficient (Wildman–Crippen LogP) is 2.35. The summed E-state index contributed by atoms with van der Waals surface area (Å²) in [6, 6.07) is 5.95. The Morgan fingerprint density at radius 2 is 2.05 bits per heavy atom. The largest absolute Gasteiger partial charge is 0.496 e. The van der Waals surface area contributed by atoms with Gasteiger partial charge in [-0.15, -0.1) is 0 Å². The van der Waals surface area contributed by atoms with E-state index < -0.39 is 0 Å². The van der Waals surface area contributed by atoms with E-state index in [1.165, 1.54) is 0 Å². The molecule has 0 aliphatic heterocycles. The highest BCUT2D eigenvalue weighted by Crippen LogP contribution is 2.28. The Kier molecular flexibility index (Phi) is 2.67. The molecule has 0 radical (unpaired) electrons. The van der Waals surface area contributed by atoms with Crippen molar-refractivity contribution in [2.24, 2.45) is 7.05 Å². The Morgan fingerprint density at radius 3 is 2.84 bits per heavy atom. The van der Waals surface area contributed by atoms with Crippen molar-refractivity contribution in [3.63, 3.8) is 0 Å². The molecule has 0 N–H and O–H groups in total. The van der Waals surface area contributed by atoms with E-state index in [9.17, 15) is 0 Å². The topological polar surface area (TPSA) is 52.8 Å². The normalized spacial score (nSPS) is 10.9. The first-order valence-corrected chi connectivity index (χ1v) is 5.98. The van der Waals surface area contributed by atoms with Crippen molar-refractivity contribution in [1.82, 2.24) is 19.5 Å². The number of aromatic nitrogens is 4. The minimum atomic E-state index is 0.631. The van der Waals surface area contributed by atoms with Crippen molar-refractivity contribution >= 4 is 11.2 Å². The highest BCUT2D eigenvalue weighted by molar-refractivity contribution is 5.74. The third-order valence-corrected chi connectivity index (χ3v) is 3.08. The van der Waals surface area contributed by atoms with Crippen LogP contribution in [0.3, 0.4) is 0 Å². The van der Waals surface area contributed by atoms with Crippen molar-refractivity contribution in [3.05, 3.63) is 36.3 Å². The lowest BCUT2D eigenvalue weighted by Crippen LogP contribution is -1.95. The van der Waals surface area contributed by atoms with E-state index in [2.05, 4.69) is 15.0 Å². The molecule has 3 aromatic rings. The second-order valence-electron chi connectivity index (χ2n) is 4.46. The smallest absolute Gasteiger partial charge is 0.181 e. The lowest BCUT2D eigenvalue weighted by atomic mass is 10.1. The van der Waals surface area contributed by atoms with Gasteiger partial charge in [0.15, 0.2) is 11.5 Å². The van der Waals surface area contributed by atoms with Crippen LogP contribution >= 0.6 is 0 Å². The van der Waals surface area contributed by atoms with Gasteiger partial charge in [-0.2, -0.15) is 0 Å².